The largest absolute Gasteiger partial charge is 0.508 e. The molecule has 172 valence electrons. The van der Waals surface area contributed by atoms with Crippen molar-refractivity contribution in [2.24, 2.45) is 0 Å². The van der Waals surface area contributed by atoms with Crippen LogP contribution in [0.2, 0.25) is 0 Å². The number of para-hydroxylation sites is 1. The number of hydrogen-bond acceptors (Lipinski definition) is 8. The van der Waals surface area contributed by atoms with Gasteiger partial charge >= 0.3 is 5.97 Å². The van der Waals surface area contributed by atoms with E-state index >= 15 is 0 Å². The molecule has 1 fully saturated rings. The van der Waals surface area contributed by atoms with Gasteiger partial charge in [-0.25, -0.2) is 4.79 Å². The van der Waals surface area contributed by atoms with Gasteiger partial charge in [-0.1, -0.05) is 57.7 Å². The number of rotatable bonds is 5. The van der Waals surface area contributed by atoms with Crippen LogP contribution in [-0.2, 0) is 23.6 Å². The van der Waals surface area contributed by atoms with Crippen LogP contribution in [-0.4, -0.2) is 16.7 Å². The van der Waals surface area contributed by atoms with Crippen LogP contribution in [0, 0.1) is 0 Å². The molecule has 10 heteroatoms. The number of phenols is 1. The molecule has 1 heterocycles. The van der Waals surface area contributed by atoms with E-state index in [-0.39, 0.29) is 5.75 Å². The van der Waals surface area contributed by atoms with Crippen molar-refractivity contribution in [1.82, 2.24) is 0 Å². The monoisotopic (exact) mass is 552 g/mol. The molecule has 0 radical (unpaired) electrons. The first-order chi connectivity index (χ1) is 15.5. The highest BCUT2D eigenvalue weighted by Crippen LogP contribution is 3.04. The Hall–Kier alpha value is -1.27. The van der Waals surface area contributed by atoms with Crippen LogP contribution < -0.4 is 20.1 Å². The average molecular weight is 553 g/mol. The highest BCUT2D eigenvalue weighted by Gasteiger charge is 2.45. The molecule has 4 nitrogen and oxygen atoms in total. The number of carbonyl (C=O) groups is 1. The summed E-state index contributed by atoms with van der Waals surface area (Å²) < 4.78 is 7.76. The minimum absolute atomic E-state index is 0.230. The molecule has 0 spiro atoms. The summed E-state index contributed by atoms with van der Waals surface area (Å²) in [6.07, 6.45) is 0. The lowest BCUT2D eigenvalue weighted by atomic mass is 10.1. The van der Waals surface area contributed by atoms with Crippen LogP contribution in [0.5, 0.6) is 17.2 Å². The number of hydrogen-bond donors (Lipinski definition) is 1. The second-order valence-corrected chi connectivity index (χ2v) is 29.6. The number of phenolic OH excluding ortho intramolecular Hbond substituents is 1. The predicted molar refractivity (Wildman–Crippen MR) is 149 cm³/mol. The molecule has 0 atom stereocenters. The molecule has 0 aromatic heterocycles. The predicted octanol–water partition coefficient (Wildman–Crippen LogP) is 6.84. The number of carbonyl (C=O) groups excluding carboxylic acids is 1. The third kappa shape index (κ3) is 5.70. The minimum atomic E-state index is -1.90. The third-order valence-electron chi connectivity index (χ3n) is 4.48. The highest BCUT2D eigenvalue weighted by molar-refractivity contribution is 9.48. The Morgan fingerprint density at radius 1 is 0.848 bits per heavy atom. The summed E-state index contributed by atoms with van der Waals surface area (Å²) >= 11 is 15.3. The van der Waals surface area contributed by atoms with Crippen LogP contribution in [0.15, 0.2) is 72.8 Å². The molecule has 0 amide bonds. The van der Waals surface area contributed by atoms with E-state index in [1.54, 1.807) is 64.5 Å². The second-order valence-electron chi connectivity index (χ2n) is 8.27. The van der Waals surface area contributed by atoms with Crippen LogP contribution in [0.3, 0.4) is 0 Å². The van der Waals surface area contributed by atoms with Crippen LogP contribution in [0.25, 0.3) is 0 Å². The lowest BCUT2D eigenvalue weighted by Gasteiger charge is -2.40. The fraction of sp³-hybridized carbons (Fsp3) is 0.174. The first-order valence-electron chi connectivity index (χ1n) is 10.0. The second kappa shape index (κ2) is 9.41. The minimum Gasteiger partial charge on any atom is -0.508 e. The normalized spacial score (nSPS) is 22.3. The Kier molecular flexibility index (Phi) is 7.08. The third-order valence-corrected chi connectivity index (χ3v) is 35.7. The van der Waals surface area contributed by atoms with E-state index in [1.165, 1.54) is 0 Å². The van der Waals surface area contributed by atoms with Crippen molar-refractivity contribution in [2.45, 2.75) is 26.4 Å². The standard InChI is InChI=1S/C23H22O4P2S4/c1-23(2,3)27-21-7-5-4-6-20(21)22(25)26-17-10-14-19(15-11-17)29(31)32-28(30,33-29)18-12-8-16(24)9-13-18/h4-15,24H,1-3H3. The quantitative estimate of drug-likeness (QED) is 0.210. The summed E-state index contributed by atoms with van der Waals surface area (Å²) in [5.74, 6) is 0.697. The molecule has 0 bridgehead atoms. The summed E-state index contributed by atoms with van der Waals surface area (Å²) in [5.41, 5.74) is -0.0520. The summed E-state index contributed by atoms with van der Waals surface area (Å²) in [7, 11) is 0. The zero-order chi connectivity index (χ0) is 23.9. The van der Waals surface area contributed by atoms with E-state index in [1.807, 2.05) is 51.1 Å². The Labute approximate surface area is 211 Å². The van der Waals surface area contributed by atoms with Crippen LogP contribution in [0.4, 0.5) is 0 Å². The summed E-state index contributed by atoms with van der Waals surface area (Å²) in [6, 6.07) is 21.6. The number of ether oxygens (including phenoxy) is 2. The van der Waals surface area contributed by atoms with Crippen molar-refractivity contribution < 1.29 is 19.4 Å². The van der Waals surface area contributed by atoms with Crippen molar-refractivity contribution in [3.63, 3.8) is 0 Å². The fourth-order valence-corrected chi connectivity index (χ4v) is 45.3. The lowest BCUT2D eigenvalue weighted by molar-refractivity contribution is 0.0718. The fourth-order valence-electron chi connectivity index (χ4n) is 3.03. The van der Waals surface area contributed by atoms with Gasteiger partial charge in [-0.2, -0.15) is 0 Å². The molecule has 0 unspecified atom stereocenters. The molecule has 33 heavy (non-hydrogen) atoms. The van der Waals surface area contributed by atoms with Crippen molar-refractivity contribution in [1.29, 1.82) is 0 Å². The Bertz CT molecular complexity index is 1270. The Morgan fingerprint density at radius 3 is 1.91 bits per heavy atom. The van der Waals surface area contributed by atoms with Gasteiger partial charge in [0.1, 0.15) is 28.4 Å². The molecule has 3 aromatic rings. The molecule has 1 aliphatic heterocycles. The lowest BCUT2D eigenvalue weighted by Crippen LogP contribution is -2.24. The first kappa shape index (κ1) is 24.8. The Morgan fingerprint density at radius 2 is 1.36 bits per heavy atom. The zero-order valence-corrected chi connectivity index (χ0v) is 23.2. The summed E-state index contributed by atoms with van der Waals surface area (Å²) in [5, 5.41) is 11.6. The molecule has 0 aliphatic carbocycles. The molecule has 1 N–H and O–H groups in total. The first-order valence-corrected chi connectivity index (χ1v) is 19.7. The molecule has 4 rings (SSSR count). The van der Waals surface area contributed by atoms with Gasteiger partial charge in [-0.05, 0) is 81.4 Å². The van der Waals surface area contributed by atoms with Gasteiger partial charge in [0.15, 0.2) is 0 Å². The number of aromatic hydroxyl groups is 1. The van der Waals surface area contributed by atoms with Crippen molar-refractivity contribution in [3.8, 4) is 17.2 Å². The van der Waals surface area contributed by atoms with Gasteiger partial charge < -0.3 is 14.6 Å². The van der Waals surface area contributed by atoms with Gasteiger partial charge in [-0.3, -0.25) is 0 Å². The SMILES string of the molecule is CC(C)(C)Oc1ccccc1C(=O)Oc1ccc(P2(=S)SP(=S)(c3ccc(O)cc3)S2)cc1. The summed E-state index contributed by atoms with van der Waals surface area (Å²) in [6.45, 7) is 5.79. The Balaban J connectivity index is 1.46. The van der Waals surface area contributed by atoms with Gasteiger partial charge in [-0.15, -0.1) is 0 Å². The van der Waals surface area contributed by atoms with E-state index in [2.05, 4.69) is 0 Å². The maximum Gasteiger partial charge on any atom is 0.347 e. The number of esters is 1. The van der Waals surface area contributed by atoms with Gasteiger partial charge in [0.05, 0.1) is 8.88 Å². The maximum atomic E-state index is 12.8. The smallest absolute Gasteiger partial charge is 0.347 e. The van der Waals surface area contributed by atoms with Crippen LogP contribution in [0.1, 0.15) is 31.1 Å². The summed E-state index contributed by atoms with van der Waals surface area (Å²) in [4.78, 5) is 12.8. The zero-order valence-electron chi connectivity index (χ0n) is 18.1. The molecule has 1 saturated heterocycles. The van der Waals surface area contributed by atoms with Crippen molar-refractivity contribution >= 4 is 71.1 Å². The van der Waals surface area contributed by atoms with E-state index in [0.717, 1.165) is 10.6 Å². The van der Waals surface area contributed by atoms with E-state index in [4.69, 9.17) is 33.1 Å². The van der Waals surface area contributed by atoms with Gasteiger partial charge in [0.25, 0.3) is 0 Å². The molecule has 3 aromatic carbocycles. The molecular formula is C23H22O4P2S4. The highest BCUT2D eigenvalue weighted by atomic mass is 33.7. The van der Waals surface area contributed by atoms with Gasteiger partial charge in [0, 0.05) is 10.6 Å². The molecular weight excluding hydrogens is 530 g/mol. The van der Waals surface area contributed by atoms with E-state index in [9.17, 15) is 9.90 Å². The number of benzene rings is 3. The maximum absolute atomic E-state index is 12.8. The average Bonchev–Trinajstić information content (AvgIpc) is 2.72. The van der Waals surface area contributed by atoms with E-state index in [0.29, 0.717) is 17.1 Å². The van der Waals surface area contributed by atoms with Gasteiger partial charge in [0.2, 0.25) is 0 Å². The molecule has 1 aliphatic rings. The molecule has 0 saturated carbocycles. The van der Waals surface area contributed by atoms with Crippen molar-refractivity contribution in [3.05, 3.63) is 78.4 Å². The topological polar surface area (TPSA) is 55.8 Å². The van der Waals surface area contributed by atoms with Crippen LogP contribution >= 0.6 is 30.9 Å². The van der Waals surface area contributed by atoms with Crippen molar-refractivity contribution in [2.75, 3.05) is 0 Å². The van der Waals surface area contributed by atoms with E-state index < -0.39 is 20.5 Å².